The maximum absolute atomic E-state index is 12.5. The average molecular weight is 241 g/mol. The molecule has 0 N–H and O–H groups in total. The van der Waals surface area contributed by atoms with Gasteiger partial charge in [0.1, 0.15) is 0 Å². The zero-order valence-electron chi connectivity index (χ0n) is 11.3. The molecule has 1 aliphatic rings. The van der Waals surface area contributed by atoms with Gasteiger partial charge in [-0.15, -0.1) is 0 Å². The summed E-state index contributed by atoms with van der Waals surface area (Å²) in [6.45, 7) is 2.57. The summed E-state index contributed by atoms with van der Waals surface area (Å²) < 4.78 is 5.22. The van der Waals surface area contributed by atoms with E-state index in [-0.39, 0.29) is 24.9 Å². The van der Waals surface area contributed by atoms with Crippen LogP contribution in [0, 0.1) is 0 Å². The second kappa shape index (κ2) is 7.99. The van der Waals surface area contributed by atoms with Crippen LogP contribution in [0.5, 0.6) is 0 Å². The zero-order chi connectivity index (χ0) is 12.1. The van der Waals surface area contributed by atoms with Crippen molar-refractivity contribution in [2.24, 2.45) is 0 Å². The molecule has 3 nitrogen and oxygen atoms in total. The van der Waals surface area contributed by atoms with E-state index < -0.39 is 6.10 Å². The van der Waals surface area contributed by atoms with Crippen molar-refractivity contribution < 1.29 is 28.7 Å². The van der Waals surface area contributed by atoms with Crippen LogP contribution in [0.15, 0.2) is 30.3 Å². The number of hydrogen-bond donors (Lipinski definition) is 0. The minimum atomic E-state index is -0.714. The Kier molecular flexibility index (Phi) is 6.99. The summed E-state index contributed by atoms with van der Waals surface area (Å²) in [5, 5.41) is 12.5. The van der Waals surface area contributed by atoms with Gasteiger partial charge in [0.25, 0.3) is 0 Å². The van der Waals surface area contributed by atoms with E-state index in [0.717, 1.165) is 18.7 Å². The Bertz CT molecular complexity index is 328. The van der Waals surface area contributed by atoms with E-state index in [2.05, 4.69) is 4.90 Å². The van der Waals surface area contributed by atoms with E-state index in [1.54, 1.807) is 7.11 Å². The first kappa shape index (κ1) is 15.8. The Labute approximate surface area is 121 Å². The van der Waals surface area contributed by atoms with Crippen LogP contribution in [0.1, 0.15) is 24.5 Å². The van der Waals surface area contributed by atoms with Crippen LogP contribution in [0.2, 0.25) is 0 Å². The summed E-state index contributed by atoms with van der Waals surface area (Å²) in [5.41, 5.74) is 0.862. The van der Waals surface area contributed by atoms with Crippen LogP contribution in [-0.2, 0) is 4.74 Å². The standard InChI is InChI=1S/C14H20NO2.Li/c1-17-11-13(15-9-5-6-10-15)14(16)12-7-3-2-4-8-12;/h2-4,7-8,13-14H,5-6,9-11H2,1H3;/q-1;+1/t13-,14-;/m0./s1. The fourth-order valence-electron chi connectivity index (χ4n) is 2.49. The van der Waals surface area contributed by atoms with Crippen LogP contribution in [-0.4, -0.2) is 37.7 Å². The molecule has 94 valence electrons. The van der Waals surface area contributed by atoms with Crippen molar-refractivity contribution in [2.45, 2.75) is 25.0 Å². The fourth-order valence-corrected chi connectivity index (χ4v) is 2.49. The van der Waals surface area contributed by atoms with Gasteiger partial charge in [0.15, 0.2) is 0 Å². The number of ether oxygens (including phenoxy) is 1. The van der Waals surface area contributed by atoms with Gasteiger partial charge in [-0.1, -0.05) is 42.0 Å². The van der Waals surface area contributed by atoms with E-state index in [4.69, 9.17) is 4.74 Å². The van der Waals surface area contributed by atoms with E-state index in [1.807, 2.05) is 30.3 Å². The van der Waals surface area contributed by atoms with Gasteiger partial charge in [-0.2, -0.15) is 0 Å². The minimum absolute atomic E-state index is 0. The summed E-state index contributed by atoms with van der Waals surface area (Å²) in [4.78, 5) is 2.27. The molecule has 1 aromatic rings. The van der Waals surface area contributed by atoms with Crippen LogP contribution in [0.3, 0.4) is 0 Å². The third kappa shape index (κ3) is 3.84. The second-order valence-corrected chi connectivity index (χ2v) is 4.60. The molecule has 0 spiro atoms. The monoisotopic (exact) mass is 241 g/mol. The Morgan fingerprint density at radius 1 is 1.22 bits per heavy atom. The molecule has 0 aliphatic carbocycles. The van der Waals surface area contributed by atoms with Gasteiger partial charge < -0.3 is 9.84 Å². The molecule has 1 heterocycles. The molecule has 1 saturated heterocycles. The van der Waals surface area contributed by atoms with Crippen LogP contribution in [0.25, 0.3) is 0 Å². The molecule has 1 aromatic carbocycles. The molecule has 0 bridgehead atoms. The molecule has 0 radical (unpaired) electrons. The van der Waals surface area contributed by atoms with Crippen molar-refractivity contribution in [3.63, 3.8) is 0 Å². The molecule has 0 aromatic heterocycles. The normalized spacial score (nSPS) is 19.2. The summed E-state index contributed by atoms with van der Waals surface area (Å²) in [6, 6.07) is 9.58. The van der Waals surface area contributed by atoms with Crippen LogP contribution >= 0.6 is 0 Å². The Morgan fingerprint density at radius 3 is 2.39 bits per heavy atom. The van der Waals surface area contributed by atoms with E-state index in [0.29, 0.717) is 6.61 Å². The maximum Gasteiger partial charge on any atom is 1.00 e. The summed E-state index contributed by atoms with van der Waals surface area (Å²) >= 11 is 0. The number of likely N-dealkylation sites (tertiary alicyclic amines) is 1. The summed E-state index contributed by atoms with van der Waals surface area (Å²) in [5.74, 6) is 0. The molecule has 0 amide bonds. The Balaban J connectivity index is 0.00000162. The van der Waals surface area contributed by atoms with Gasteiger partial charge in [-0.25, -0.2) is 0 Å². The quantitative estimate of drug-likeness (QED) is 0.571. The van der Waals surface area contributed by atoms with Crippen molar-refractivity contribution in [3.8, 4) is 0 Å². The van der Waals surface area contributed by atoms with Gasteiger partial charge in [0.2, 0.25) is 0 Å². The maximum atomic E-state index is 12.5. The Morgan fingerprint density at radius 2 is 1.83 bits per heavy atom. The summed E-state index contributed by atoms with van der Waals surface area (Å²) in [6.07, 6.45) is 1.68. The largest absolute Gasteiger partial charge is 1.00 e. The molecule has 4 heteroatoms. The predicted molar refractivity (Wildman–Crippen MR) is 65.7 cm³/mol. The molecule has 2 rings (SSSR count). The van der Waals surface area contributed by atoms with Crippen molar-refractivity contribution in [1.82, 2.24) is 4.90 Å². The molecule has 0 saturated carbocycles. The predicted octanol–water partition coefficient (Wildman–Crippen LogP) is -1.80. The first-order valence-electron chi connectivity index (χ1n) is 6.26. The molecular weight excluding hydrogens is 221 g/mol. The first-order valence-corrected chi connectivity index (χ1v) is 6.26. The number of hydrogen-bond acceptors (Lipinski definition) is 3. The first-order chi connectivity index (χ1) is 8.33. The topological polar surface area (TPSA) is 35.5 Å². The Hall–Kier alpha value is -0.303. The van der Waals surface area contributed by atoms with Crippen molar-refractivity contribution in [3.05, 3.63) is 35.9 Å². The summed E-state index contributed by atoms with van der Waals surface area (Å²) in [7, 11) is 1.67. The number of rotatable bonds is 5. The molecule has 0 unspecified atom stereocenters. The number of benzene rings is 1. The van der Waals surface area contributed by atoms with Gasteiger partial charge in [-0.3, -0.25) is 4.90 Å². The minimum Gasteiger partial charge on any atom is -0.847 e. The van der Waals surface area contributed by atoms with Crippen molar-refractivity contribution >= 4 is 0 Å². The smallest absolute Gasteiger partial charge is 0.847 e. The second-order valence-electron chi connectivity index (χ2n) is 4.60. The number of nitrogens with zero attached hydrogens (tertiary/aromatic N) is 1. The third-order valence-corrected chi connectivity index (χ3v) is 3.42. The number of methoxy groups -OCH3 is 1. The van der Waals surface area contributed by atoms with Crippen LogP contribution < -0.4 is 24.0 Å². The van der Waals surface area contributed by atoms with Gasteiger partial charge >= 0.3 is 18.9 Å². The van der Waals surface area contributed by atoms with Crippen LogP contribution in [0.4, 0.5) is 0 Å². The van der Waals surface area contributed by atoms with E-state index in [1.165, 1.54) is 12.8 Å². The van der Waals surface area contributed by atoms with Crippen molar-refractivity contribution in [1.29, 1.82) is 0 Å². The average Bonchev–Trinajstić information content (AvgIpc) is 2.90. The zero-order valence-corrected chi connectivity index (χ0v) is 11.3. The molecule has 2 atom stereocenters. The van der Waals surface area contributed by atoms with Gasteiger partial charge in [-0.05, 0) is 25.9 Å². The SMILES string of the molecule is COC[C@@H]([C@@H]([O-])c1ccccc1)N1CCCC1.[Li+]. The third-order valence-electron chi connectivity index (χ3n) is 3.42. The molecule has 18 heavy (non-hydrogen) atoms. The molecule has 1 fully saturated rings. The van der Waals surface area contributed by atoms with Gasteiger partial charge in [0, 0.05) is 13.2 Å². The van der Waals surface area contributed by atoms with Gasteiger partial charge in [0.05, 0.1) is 6.61 Å². The van der Waals surface area contributed by atoms with E-state index in [9.17, 15) is 5.11 Å². The van der Waals surface area contributed by atoms with Crippen molar-refractivity contribution in [2.75, 3.05) is 26.8 Å². The molecular formula is C14H20LiNO2. The van der Waals surface area contributed by atoms with E-state index >= 15 is 0 Å². The molecule has 1 aliphatic heterocycles. The fraction of sp³-hybridized carbons (Fsp3) is 0.571.